The summed E-state index contributed by atoms with van der Waals surface area (Å²) in [5.74, 6) is 0.192. The van der Waals surface area contributed by atoms with Crippen LogP contribution in [0.5, 0.6) is 23.3 Å². The molecule has 0 aliphatic heterocycles. The van der Waals surface area contributed by atoms with Crippen LogP contribution in [0.25, 0.3) is 0 Å². The standard InChI is InChI=1S/C41H38N4O5S/c1-26-20-32(24-30-12-7-5-8-13-30)21-27(2)38(26)49-36-19-18-34(40(46)45-51(47,48)37-17-11-16-35(42)43-37)41(44-36)50-39-28(3)22-33(23-29(39)4)25-31-14-9-6-10-15-31/h5-23H,24-25H2,1-4H3,(H2,42,43)(H,45,46). The molecular formula is C41H38N4O5S. The zero-order valence-electron chi connectivity index (χ0n) is 28.8. The fraction of sp³-hybridized carbons (Fsp3) is 0.146. The third kappa shape index (κ3) is 8.42. The largest absolute Gasteiger partial charge is 0.438 e. The molecule has 0 saturated heterocycles. The number of benzene rings is 4. The highest BCUT2D eigenvalue weighted by atomic mass is 32.2. The number of nitrogen functional groups attached to an aromatic ring is 1. The van der Waals surface area contributed by atoms with E-state index in [4.69, 9.17) is 15.2 Å². The maximum absolute atomic E-state index is 13.6. The van der Waals surface area contributed by atoms with Gasteiger partial charge in [-0.25, -0.2) is 9.71 Å². The number of nitrogens with zero attached hydrogens (tertiary/aromatic N) is 2. The number of aryl methyl sites for hydroxylation is 4. The number of hydrogen-bond donors (Lipinski definition) is 2. The fourth-order valence-electron chi connectivity index (χ4n) is 6.01. The molecule has 4 aromatic carbocycles. The van der Waals surface area contributed by atoms with Crippen molar-refractivity contribution in [1.29, 1.82) is 0 Å². The average Bonchev–Trinajstić information content (AvgIpc) is 3.09. The van der Waals surface area contributed by atoms with Gasteiger partial charge in [-0.3, -0.25) is 4.79 Å². The van der Waals surface area contributed by atoms with Crippen molar-refractivity contribution in [2.45, 2.75) is 45.6 Å². The molecule has 2 heterocycles. The van der Waals surface area contributed by atoms with Crippen LogP contribution in [0.3, 0.4) is 0 Å². The Labute approximate surface area is 298 Å². The van der Waals surface area contributed by atoms with Crippen LogP contribution in [0, 0.1) is 27.7 Å². The molecule has 0 spiro atoms. The number of carbonyl (C=O) groups excluding carboxylic acids is 1. The van der Waals surface area contributed by atoms with E-state index in [9.17, 15) is 13.2 Å². The summed E-state index contributed by atoms with van der Waals surface area (Å²) >= 11 is 0. The van der Waals surface area contributed by atoms with Gasteiger partial charge in [0.1, 0.15) is 22.9 Å². The first kappa shape index (κ1) is 34.8. The van der Waals surface area contributed by atoms with Crippen molar-refractivity contribution in [3.63, 3.8) is 0 Å². The molecule has 51 heavy (non-hydrogen) atoms. The number of ether oxygens (including phenoxy) is 2. The first-order valence-electron chi connectivity index (χ1n) is 16.4. The molecular weight excluding hydrogens is 661 g/mol. The minimum atomic E-state index is -4.37. The third-order valence-electron chi connectivity index (χ3n) is 8.27. The Morgan fingerprint density at radius 1 is 0.627 bits per heavy atom. The molecule has 10 heteroatoms. The lowest BCUT2D eigenvalue weighted by Gasteiger charge is -2.18. The normalized spacial score (nSPS) is 11.2. The van der Waals surface area contributed by atoms with Gasteiger partial charge in [-0.05, 0) is 103 Å². The van der Waals surface area contributed by atoms with Crippen LogP contribution < -0.4 is 19.9 Å². The van der Waals surface area contributed by atoms with Gasteiger partial charge < -0.3 is 15.2 Å². The number of amides is 1. The van der Waals surface area contributed by atoms with Gasteiger partial charge in [-0.2, -0.15) is 13.4 Å². The van der Waals surface area contributed by atoms with Gasteiger partial charge in [0.2, 0.25) is 11.8 Å². The van der Waals surface area contributed by atoms with E-state index in [2.05, 4.69) is 51.1 Å². The monoisotopic (exact) mass is 698 g/mol. The number of nitrogens with one attached hydrogen (secondary N) is 1. The molecule has 6 rings (SSSR count). The van der Waals surface area contributed by atoms with Crippen LogP contribution in [-0.2, 0) is 22.9 Å². The summed E-state index contributed by atoms with van der Waals surface area (Å²) < 4.78 is 41.0. The Morgan fingerprint density at radius 2 is 1.14 bits per heavy atom. The van der Waals surface area contributed by atoms with Crippen molar-refractivity contribution in [3.05, 3.63) is 165 Å². The molecule has 9 nitrogen and oxygen atoms in total. The molecule has 0 atom stereocenters. The molecule has 258 valence electrons. The number of nitrogens with two attached hydrogens (primary N) is 1. The SMILES string of the molecule is Cc1cc(Cc2ccccc2)cc(C)c1Oc1ccc(C(=O)NS(=O)(=O)c2cccc(N)n2)c(Oc2c(C)cc(Cc3ccccc3)cc2C)n1. The predicted octanol–water partition coefficient (Wildman–Crippen LogP) is 8.18. The minimum absolute atomic E-state index is 0.00198. The summed E-state index contributed by atoms with van der Waals surface area (Å²) in [6, 6.07) is 35.6. The van der Waals surface area contributed by atoms with E-state index >= 15 is 0 Å². The van der Waals surface area contributed by atoms with E-state index in [1.54, 1.807) is 0 Å². The highest BCUT2D eigenvalue weighted by Crippen LogP contribution is 2.35. The van der Waals surface area contributed by atoms with Crippen molar-refractivity contribution in [3.8, 4) is 23.3 Å². The third-order valence-corrected chi connectivity index (χ3v) is 9.51. The molecule has 0 radical (unpaired) electrons. The minimum Gasteiger partial charge on any atom is -0.438 e. The molecule has 0 fully saturated rings. The summed E-state index contributed by atoms with van der Waals surface area (Å²) in [5, 5.41) is -0.395. The van der Waals surface area contributed by atoms with Gasteiger partial charge in [-0.15, -0.1) is 0 Å². The molecule has 1 amide bonds. The van der Waals surface area contributed by atoms with Crippen molar-refractivity contribution in [1.82, 2.24) is 14.7 Å². The van der Waals surface area contributed by atoms with E-state index in [-0.39, 0.29) is 23.1 Å². The quantitative estimate of drug-likeness (QED) is 0.138. The molecule has 0 saturated carbocycles. The molecule has 0 aliphatic carbocycles. The van der Waals surface area contributed by atoms with E-state index in [1.165, 1.54) is 41.5 Å². The zero-order chi connectivity index (χ0) is 36.1. The number of hydrogen-bond acceptors (Lipinski definition) is 8. The smallest absolute Gasteiger partial charge is 0.281 e. The number of sulfonamides is 1. The first-order chi connectivity index (χ1) is 24.4. The Bertz CT molecular complexity index is 2280. The van der Waals surface area contributed by atoms with Crippen LogP contribution in [0.2, 0.25) is 0 Å². The highest BCUT2D eigenvalue weighted by molar-refractivity contribution is 7.90. The number of rotatable bonds is 11. The molecule has 2 aromatic heterocycles. The number of carbonyl (C=O) groups is 1. The van der Waals surface area contributed by atoms with Crippen molar-refractivity contribution < 1.29 is 22.7 Å². The summed E-state index contributed by atoms with van der Waals surface area (Å²) in [4.78, 5) is 22.1. The first-order valence-corrected chi connectivity index (χ1v) is 17.9. The number of anilines is 1. The number of pyridine rings is 2. The van der Waals surface area contributed by atoms with Gasteiger partial charge in [0.25, 0.3) is 15.9 Å². The Hall–Kier alpha value is -6.00. The van der Waals surface area contributed by atoms with Gasteiger partial charge in [0.05, 0.1) is 0 Å². The van der Waals surface area contributed by atoms with Gasteiger partial charge in [0, 0.05) is 6.07 Å². The average molecular weight is 699 g/mol. The van der Waals surface area contributed by atoms with Crippen molar-refractivity contribution in [2.75, 3.05) is 5.73 Å². The van der Waals surface area contributed by atoms with Crippen LogP contribution in [0.1, 0.15) is 54.9 Å². The van der Waals surface area contributed by atoms with Gasteiger partial charge >= 0.3 is 0 Å². The van der Waals surface area contributed by atoms with Gasteiger partial charge in [-0.1, -0.05) is 91.0 Å². The molecule has 3 N–H and O–H groups in total. The Kier molecular flexibility index (Phi) is 10.2. The number of aromatic nitrogens is 2. The van der Waals surface area contributed by atoms with E-state index in [0.717, 1.165) is 46.2 Å². The van der Waals surface area contributed by atoms with E-state index in [0.29, 0.717) is 11.5 Å². The van der Waals surface area contributed by atoms with Crippen molar-refractivity contribution in [2.24, 2.45) is 0 Å². The fourth-order valence-corrected chi connectivity index (χ4v) is 6.95. The Morgan fingerprint density at radius 3 is 1.65 bits per heavy atom. The van der Waals surface area contributed by atoms with Crippen LogP contribution >= 0.6 is 0 Å². The van der Waals surface area contributed by atoms with Crippen LogP contribution in [-0.4, -0.2) is 24.3 Å². The highest BCUT2D eigenvalue weighted by Gasteiger charge is 2.25. The molecule has 6 aromatic rings. The summed E-state index contributed by atoms with van der Waals surface area (Å²) in [6.45, 7) is 7.76. The van der Waals surface area contributed by atoms with Gasteiger partial charge in [0.15, 0.2) is 5.03 Å². The topological polar surface area (TPSA) is 134 Å². The lowest BCUT2D eigenvalue weighted by molar-refractivity contribution is 0.0978. The second-order valence-corrected chi connectivity index (χ2v) is 14.1. The predicted molar refractivity (Wildman–Crippen MR) is 198 cm³/mol. The maximum atomic E-state index is 13.6. The summed E-state index contributed by atoms with van der Waals surface area (Å²) in [6.07, 6.45) is 1.51. The zero-order valence-corrected chi connectivity index (χ0v) is 29.6. The van der Waals surface area contributed by atoms with Crippen LogP contribution in [0.4, 0.5) is 5.82 Å². The second kappa shape index (κ2) is 14.9. The van der Waals surface area contributed by atoms with Crippen molar-refractivity contribution >= 4 is 21.7 Å². The summed E-state index contributed by atoms with van der Waals surface area (Å²) in [7, 11) is -4.37. The maximum Gasteiger partial charge on any atom is 0.281 e. The molecule has 0 bridgehead atoms. The summed E-state index contributed by atoms with van der Waals surface area (Å²) in [5.41, 5.74) is 13.6. The Balaban J connectivity index is 1.33. The van der Waals surface area contributed by atoms with E-state index < -0.39 is 21.0 Å². The lowest BCUT2D eigenvalue weighted by Crippen LogP contribution is -2.31. The lowest BCUT2D eigenvalue weighted by atomic mass is 10.00. The second-order valence-electron chi connectivity index (χ2n) is 12.5. The molecule has 0 unspecified atom stereocenters. The molecule has 0 aliphatic rings. The van der Waals surface area contributed by atoms with E-state index in [1.807, 2.05) is 76.2 Å². The van der Waals surface area contributed by atoms with Crippen LogP contribution in [0.15, 0.2) is 120 Å².